The van der Waals surface area contributed by atoms with Crippen LogP contribution < -0.4 is 4.84 Å². The maximum Gasteiger partial charge on any atom is 0.0894 e. The summed E-state index contributed by atoms with van der Waals surface area (Å²) < 4.78 is 0. The van der Waals surface area contributed by atoms with Gasteiger partial charge >= 0.3 is 0 Å². The van der Waals surface area contributed by atoms with E-state index in [1.807, 2.05) is 48.5 Å². The molecule has 0 bridgehead atoms. The number of rotatable bonds is 2. The van der Waals surface area contributed by atoms with Crippen LogP contribution in [-0.2, 0) is 0 Å². The number of para-hydroxylation sites is 2. The second-order valence-corrected chi connectivity index (χ2v) is 4.11. The van der Waals surface area contributed by atoms with E-state index >= 15 is 0 Å². The molecule has 1 heterocycles. The fourth-order valence-electron chi connectivity index (χ4n) is 1.83. The summed E-state index contributed by atoms with van der Waals surface area (Å²) in [6, 6.07) is 15.6. The van der Waals surface area contributed by atoms with E-state index in [1.54, 1.807) is 6.20 Å². The molecule has 0 amide bonds. The minimum atomic E-state index is 0.836. The van der Waals surface area contributed by atoms with Crippen LogP contribution in [0, 0.1) is 0 Å². The van der Waals surface area contributed by atoms with Gasteiger partial charge in [0.1, 0.15) is 0 Å². The number of halogens is 1. The highest BCUT2D eigenvalue weighted by atomic mass is 35.5. The Bertz CT molecular complexity index is 697. The highest BCUT2D eigenvalue weighted by Crippen LogP contribution is 2.22. The molecule has 0 atom stereocenters. The summed E-state index contributed by atoms with van der Waals surface area (Å²) in [4.78, 5) is 11.6. The molecular weight excluding hydrogens is 246 g/mol. The fraction of sp³-hybridized carbons (Fsp3) is 0. The third-order valence-corrected chi connectivity index (χ3v) is 2.93. The summed E-state index contributed by atoms with van der Waals surface area (Å²) in [7, 11) is 0. The second-order valence-electron chi connectivity index (χ2n) is 3.92. The molecule has 3 aromatic rings. The number of nitrogens with one attached hydrogen (secondary N) is 1. The summed E-state index contributed by atoms with van der Waals surface area (Å²) in [5.74, 6) is 0. The third-order valence-electron chi connectivity index (χ3n) is 2.72. The lowest BCUT2D eigenvalue weighted by Gasteiger charge is -2.04. The number of nitrogens with zero attached hydrogens (tertiary/aromatic N) is 2. The topological polar surface area (TPSA) is 37.8 Å². The molecule has 0 aliphatic rings. The van der Waals surface area contributed by atoms with Crippen molar-refractivity contribution >= 4 is 28.5 Å². The standard InChI is InChI=1S/C14H10ClN3/c15-18-11-5-3-4-10(8-11)14-9-16-12-6-1-2-7-13(12)17-14/h1-9,18H. The lowest BCUT2D eigenvalue weighted by molar-refractivity contribution is 1.29. The number of hydrogen-bond acceptors (Lipinski definition) is 3. The maximum absolute atomic E-state index is 5.60. The van der Waals surface area contributed by atoms with Crippen molar-refractivity contribution in [2.75, 3.05) is 4.84 Å². The molecule has 3 nitrogen and oxygen atoms in total. The van der Waals surface area contributed by atoms with Gasteiger partial charge in [-0.1, -0.05) is 24.3 Å². The monoisotopic (exact) mass is 255 g/mol. The van der Waals surface area contributed by atoms with Gasteiger partial charge in [0, 0.05) is 23.0 Å². The molecule has 0 aliphatic carbocycles. The van der Waals surface area contributed by atoms with Gasteiger partial charge in [-0.05, 0) is 24.3 Å². The summed E-state index contributed by atoms with van der Waals surface area (Å²) in [5.41, 5.74) is 4.44. The van der Waals surface area contributed by atoms with Crippen molar-refractivity contribution in [2.45, 2.75) is 0 Å². The molecule has 0 aliphatic heterocycles. The number of fused-ring (bicyclic) bond motifs is 1. The molecule has 0 unspecified atom stereocenters. The molecule has 0 saturated carbocycles. The van der Waals surface area contributed by atoms with Crippen LogP contribution in [0.15, 0.2) is 54.7 Å². The fourth-order valence-corrected chi connectivity index (χ4v) is 1.95. The number of hydrogen-bond donors (Lipinski definition) is 1. The van der Waals surface area contributed by atoms with Gasteiger partial charge < -0.3 is 0 Å². The Morgan fingerprint density at radius 3 is 2.61 bits per heavy atom. The Labute approximate surface area is 110 Å². The smallest absolute Gasteiger partial charge is 0.0894 e. The molecule has 2 aromatic carbocycles. The Morgan fingerprint density at radius 2 is 1.78 bits per heavy atom. The van der Waals surface area contributed by atoms with E-state index in [9.17, 15) is 0 Å². The largest absolute Gasteiger partial charge is 0.298 e. The first-order valence-electron chi connectivity index (χ1n) is 5.56. The van der Waals surface area contributed by atoms with Gasteiger partial charge in [-0.15, -0.1) is 0 Å². The van der Waals surface area contributed by atoms with Crippen molar-refractivity contribution in [3.8, 4) is 11.3 Å². The molecule has 4 heteroatoms. The van der Waals surface area contributed by atoms with Gasteiger partial charge in [0.15, 0.2) is 0 Å². The van der Waals surface area contributed by atoms with Crippen LogP contribution in [0.3, 0.4) is 0 Å². The van der Waals surface area contributed by atoms with E-state index in [2.05, 4.69) is 14.8 Å². The first-order valence-corrected chi connectivity index (χ1v) is 5.93. The second kappa shape index (κ2) is 4.63. The van der Waals surface area contributed by atoms with Gasteiger partial charge in [-0.25, -0.2) is 4.98 Å². The lowest BCUT2D eigenvalue weighted by atomic mass is 10.1. The highest BCUT2D eigenvalue weighted by molar-refractivity contribution is 6.24. The average molecular weight is 256 g/mol. The SMILES string of the molecule is ClNc1cccc(-c2cnc3ccccc3n2)c1. The summed E-state index contributed by atoms with van der Waals surface area (Å²) in [5, 5.41) is 0. The van der Waals surface area contributed by atoms with Crippen LogP contribution in [0.2, 0.25) is 0 Å². The molecule has 18 heavy (non-hydrogen) atoms. The van der Waals surface area contributed by atoms with Gasteiger partial charge in [-0.3, -0.25) is 9.82 Å². The van der Waals surface area contributed by atoms with Crippen LogP contribution in [0.25, 0.3) is 22.3 Å². The van der Waals surface area contributed by atoms with Crippen LogP contribution in [-0.4, -0.2) is 9.97 Å². The van der Waals surface area contributed by atoms with Crippen molar-refractivity contribution in [3.05, 3.63) is 54.7 Å². The van der Waals surface area contributed by atoms with Crippen molar-refractivity contribution in [2.24, 2.45) is 0 Å². The van der Waals surface area contributed by atoms with Gasteiger partial charge in [0.05, 0.1) is 22.9 Å². The molecule has 88 valence electrons. The summed E-state index contributed by atoms with van der Waals surface area (Å²) in [6.45, 7) is 0. The molecule has 1 aromatic heterocycles. The number of aromatic nitrogens is 2. The normalized spacial score (nSPS) is 10.5. The van der Waals surface area contributed by atoms with Crippen molar-refractivity contribution in [1.29, 1.82) is 0 Å². The average Bonchev–Trinajstić information content (AvgIpc) is 2.47. The third kappa shape index (κ3) is 2.00. The Hall–Kier alpha value is -2.13. The van der Waals surface area contributed by atoms with E-state index in [0.29, 0.717) is 0 Å². The van der Waals surface area contributed by atoms with Gasteiger partial charge in [0.2, 0.25) is 0 Å². The van der Waals surface area contributed by atoms with Crippen molar-refractivity contribution in [3.63, 3.8) is 0 Å². The van der Waals surface area contributed by atoms with Crippen molar-refractivity contribution < 1.29 is 0 Å². The first-order chi connectivity index (χ1) is 8.86. The van der Waals surface area contributed by atoms with E-state index in [-0.39, 0.29) is 0 Å². The molecule has 1 N–H and O–H groups in total. The molecular formula is C14H10ClN3. The lowest BCUT2D eigenvalue weighted by Crippen LogP contribution is -1.89. The maximum atomic E-state index is 5.60. The zero-order valence-corrected chi connectivity index (χ0v) is 10.2. The molecule has 3 rings (SSSR count). The molecule has 0 saturated heterocycles. The Balaban J connectivity index is 2.13. The van der Waals surface area contributed by atoms with E-state index < -0.39 is 0 Å². The molecule has 0 radical (unpaired) electrons. The highest BCUT2D eigenvalue weighted by Gasteiger charge is 2.03. The van der Waals surface area contributed by atoms with Gasteiger partial charge in [0.25, 0.3) is 0 Å². The molecule has 0 fully saturated rings. The summed E-state index contributed by atoms with van der Waals surface area (Å²) >= 11 is 5.60. The van der Waals surface area contributed by atoms with Crippen LogP contribution in [0.4, 0.5) is 5.69 Å². The molecule has 0 spiro atoms. The number of benzene rings is 2. The minimum Gasteiger partial charge on any atom is -0.298 e. The minimum absolute atomic E-state index is 0.836. The van der Waals surface area contributed by atoms with Crippen LogP contribution in [0.5, 0.6) is 0 Å². The van der Waals surface area contributed by atoms with Crippen LogP contribution >= 0.6 is 11.8 Å². The van der Waals surface area contributed by atoms with E-state index in [4.69, 9.17) is 11.8 Å². The predicted octanol–water partition coefficient (Wildman–Crippen LogP) is 3.86. The predicted molar refractivity (Wildman–Crippen MR) is 74.4 cm³/mol. The first kappa shape index (κ1) is 11.0. The van der Waals surface area contributed by atoms with Gasteiger partial charge in [-0.2, -0.15) is 0 Å². The Kier molecular flexibility index (Phi) is 2.82. The van der Waals surface area contributed by atoms with E-state index in [0.717, 1.165) is 28.0 Å². The number of anilines is 1. The zero-order valence-electron chi connectivity index (χ0n) is 9.47. The summed E-state index contributed by atoms with van der Waals surface area (Å²) in [6.07, 6.45) is 1.77. The van der Waals surface area contributed by atoms with Crippen molar-refractivity contribution in [1.82, 2.24) is 9.97 Å². The van der Waals surface area contributed by atoms with E-state index in [1.165, 1.54) is 0 Å². The zero-order chi connectivity index (χ0) is 12.4. The quantitative estimate of drug-likeness (QED) is 0.707. The van der Waals surface area contributed by atoms with Crippen LogP contribution in [0.1, 0.15) is 0 Å². The Morgan fingerprint density at radius 1 is 0.944 bits per heavy atom.